The van der Waals surface area contributed by atoms with Gasteiger partial charge in [0.2, 0.25) is 0 Å². The number of rotatable bonds is 4. The molecule has 0 aromatic heterocycles. The zero-order chi connectivity index (χ0) is 13.8. The lowest BCUT2D eigenvalue weighted by molar-refractivity contribution is 0.549. The minimum absolute atomic E-state index is 0.107. The van der Waals surface area contributed by atoms with Crippen molar-refractivity contribution in [2.75, 3.05) is 0 Å². The fraction of sp³-hybridized carbons (Fsp3) is 0.250. The lowest BCUT2D eigenvalue weighted by Crippen LogP contribution is -2.30. The zero-order valence-corrected chi connectivity index (χ0v) is 12.9. The Labute approximate surface area is 123 Å². The van der Waals surface area contributed by atoms with Gasteiger partial charge in [-0.25, -0.2) is 0 Å². The van der Waals surface area contributed by atoms with Gasteiger partial charge < -0.3 is 0 Å². The third-order valence-electron chi connectivity index (χ3n) is 3.25. The van der Waals surface area contributed by atoms with Crippen LogP contribution in [0.2, 0.25) is 0 Å². The summed E-state index contributed by atoms with van der Waals surface area (Å²) in [6.07, 6.45) is 0.875. The highest BCUT2D eigenvalue weighted by molar-refractivity contribution is 9.10. The van der Waals surface area contributed by atoms with Gasteiger partial charge in [0.15, 0.2) is 0 Å². The molecule has 0 heterocycles. The first-order valence-corrected chi connectivity index (χ1v) is 7.17. The molecule has 1 unspecified atom stereocenters. The fourth-order valence-corrected chi connectivity index (χ4v) is 2.79. The van der Waals surface area contributed by atoms with Gasteiger partial charge in [0.1, 0.15) is 0 Å². The molecular weight excluding hydrogens is 300 g/mol. The number of hydrazine groups is 1. The molecule has 3 heteroatoms. The molecule has 19 heavy (non-hydrogen) atoms. The van der Waals surface area contributed by atoms with Gasteiger partial charge in [0, 0.05) is 4.47 Å². The van der Waals surface area contributed by atoms with Crippen molar-refractivity contribution in [3.05, 3.63) is 69.2 Å². The first kappa shape index (κ1) is 14.3. The van der Waals surface area contributed by atoms with E-state index in [1.165, 1.54) is 22.3 Å². The molecule has 0 saturated heterocycles. The van der Waals surface area contributed by atoms with Crippen LogP contribution in [-0.2, 0) is 6.42 Å². The van der Waals surface area contributed by atoms with Gasteiger partial charge in [-0.1, -0.05) is 63.5 Å². The molecule has 100 valence electrons. The highest BCUT2D eigenvalue weighted by atomic mass is 79.9. The van der Waals surface area contributed by atoms with E-state index in [-0.39, 0.29) is 6.04 Å². The average molecular weight is 319 g/mol. The summed E-state index contributed by atoms with van der Waals surface area (Å²) in [5, 5.41) is 0. The fourth-order valence-electron chi connectivity index (χ4n) is 2.26. The van der Waals surface area contributed by atoms with Crippen molar-refractivity contribution >= 4 is 15.9 Å². The summed E-state index contributed by atoms with van der Waals surface area (Å²) in [6, 6.07) is 15.0. The Morgan fingerprint density at radius 1 is 1.11 bits per heavy atom. The lowest BCUT2D eigenvalue weighted by atomic mass is 9.97. The van der Waals surface area contributed by atoms with E-state index >= 15 is 0 Å². The predicted octanol–water partition coefficient (Wildman–Crippen LogP) is 3.81. The summed E-state index contributed by atoms with van der Waals surface area (Å²) >= 11 is 3.60. The van der Waals surface area contributed by atoms with E-state index in [0.29, 0.717) is 0 Å². The number of halogens is 1. The molecular formula is C16H19BrN2. The molecule has 2 rings (SSSR count). The van der Waals surface area contributed by atoms with Crippen molar-refractivity contribution < 1.29 is 0 Å². The molecule has 0 radical (unpaired) electrons. The number of nitrogens with one attached hydrogen (secondary N) is 1. The van der Waals surface area contributed by atoms with Crippen LogP contribution in [0.25, 0.3) is 0 Å². The summed E-state index contributed by atoms with van der Waals surface area (Å²) in [7, 11) is 0. The van der Waals surface area contributed by atoms with Gasteiger partial charge in [0.05, 0.1) is 6.04 Å². The van der Waals surface area contributed by atoms with Crippen molar-refractivity contribution in [1.29, 1.82) is 0 Å². The zero-order valence-electron chi connectivity index (χ0n) is 11.3. The van der Waals surface area contributed by atoms with Gasteiger partial charge in [-0.2, -0.15) is 0 Å². The summed E-state index contributed by atoms with van der Waals surface area (Å²) in [5.41, 5.74) is 7.92. The topological polar surface area (TPSA) is 38.0 Å². The van der Waals surface area contributed by atoms with Crippen LogP contribution in [0.4, 0.5) is 0 Å². The van der Waals surface area contributed by atoms with E-state index in [1.54, 1.807) is 0 Å². The summed E-state index contributed by atoms with van der Waals surface area (Å²) in [5.74, 6) is 5.74. The van der Waals surface area contributed by atoms with E-state index in [2.05, 4.69) is 77.7 Å². The van der Waals surface area contributed by atoms with E-state index in [9.17, 15) is 0 Å². The Morgan fingerprint density at radius 3 is 2.53 bits per heavy atom. The third kappa shape index (κ3) is 3.66. The Hall–Kier alpha value is -1.16. The van der Waals surface area contributed by atoms with Crippen LogP contribution in [0.5, 0.6) is 0 Å². The molecule has 1 atom stereocenters. The second-order valence-corrected chi connectivity index (χ2v) is 5.79. The van der Waals surface area contributed by atoms with Crippen LogP contribution in [-0.4, -0.2) is 0 Å². The smallest absolute Gasteiger partial charge is 0.0511 e. The predicted molar refractivity (Wildman–Crippen MR) is 83.8 cm³/mol. The van der Waals surface area contributed by atoms with Crippen LogP contribution in [0.3, 0.4) is 0 Å². The minimum Gasteiger partial charge on any atom is -0.271 e. The Morgan fingerprint density at radius 2 is 1.84 bits per heavy atom. The largest absolute Gasteiger partial charge is 0.271 e. The number of benzene rings is 2. The lowest BCUT2D eigenvalue weighted by Gasteiger charge is -2.19. The molecule has 3 N–H and O–H groups in total. The molecule has 2 nitrogen and oxygen atoms in total. The number of hydrogen-bond acceptors (Lipinski definition) is 2. The maximum Gasteiger partial charge on any atom is 0.0511 e. The van der Waals surface area contributed by atoms with E-state index in [0.717, 1.165) is 10.9 Å². The number of aryl methyl sites for hydroxylation is 2. The summed E-state index contributed by atoms with van der Waals surface area (Å²) in [6.45, 7) is 4.20. The molecule has 2 aromatic rings. The maximum absolute atomic E-state index is 5.74. The molecule has 0 spiro atoms. The Balaban J connectivity index is 2.27. The van der Waals surface area contributed by atoms with Crippen molar-refractivity contribution in [3.8, 4) is 0 Å². The van der Waals surface area contributed by atoms with Crippen LogP contribution in [0, 0.1) is 13.8 Å². The van der Waals surface area contributed by atoms with Gasteiger partial charge in [0.25, 0.3) is 0 Å². The first-order chi connectivity index (χ1) is 9.10. The van der Waals surface area contributed by atoms with Crippen LogP contribution in [0.1, 0.15) is 28.3 Å². The summed E-state index contributed by atoms with van der Waals surface area (Å²) in [4.78, 5) is 0. The molecule has 0 amide bonds. The van der Waals surface area contributed by atoms with Crippen LogP contribution < -0.4 is 11.3 Å². The normalized spacial score (nSPS) is 12.4. The van der Waals surface area contributed by atoms with Gasteiger partial charge in [-0.3, -0.25) is 11.3 Å². The average Bonchev–Trinajstić information content (AvgIpc) is 2.39. The number of hydrogen-bond donors (Lipinski definition) is 2. The van der Waals surface area contributed by atoms with Crippen LogP contribution >= 0.6 is 15.9 Å². The third-order valence-corrected chi connectivity index (χ3v) is 3.97. The molecule has 2 aromatic carbocycles. The molecule has 0 aliphatic carbocycles. The second-order valence-electron chi connectivity index (χ2n) is 4.94. The van der Waals surface area contributed by atoms with Crippen molar-refractivity contribution in [3.63, 3.8) is 0 Å². The number of nitrogens with two attached hydrogens (primary N) is 1. The van der Waals surface area contributed by atoms with E-state index in [1.807, 2.05) is 0 Å². The SMILES string of the molecule is Cc1cccc(CC(NN)c2cc(C)ccc2Br)c1. The highest BCUT2D eigenvalue weighted by Crippen LogP contribution is 2.27. The molecule has 0 saturated carbocycles. The maximum atomic E-state index is 5.74. The highest BCUT2D eigenvalue weighted by Gasteiger charge is 2.14. The second kappa shape index (κ2) is 6.33. The van der Waals surface area contributed by atoms with Crippen molar-refractivity contribution in [2.24, 2.45) is 5.84 Å². The van der Waals surface area contributed by atoms with Crippen molar-refractivity contribution in [1.82, 2.24) is 5.43 Å². The monoisotopic (exact) mass is 318 g/mol. The van der Waals surface area contributed by atoms with Gasteiger partial charge in [-0.05, 0) is 37.5 Å². The molecule has 0 bridgehead atoms. The molecule has 0 fully saturated rings. The minimum atomic E-state index is 0.107. The Kier molecular flexibility index (Phi) is 4.75. The van der Waals surface area contributed by atoms with Gasteiger partial charge >= 0.3 is 0 Å². The standard InChI is InChI=1S/C16H19BrN2/c1-11-4-3-5-13(8-11)10-16(19-18)14-9-12(2)6-7-15(14)17/h3-9,16,19H,10,18H2,1-2H3. The van der Waals surface area contributed by atoms with E-state index in [4.69, 9.17) is 5.84 Å². The van der Waals surface area contributed by atoms with E-state index < -0.39 is 0 Å². The summed E-state index contributed by atoms with van der Waals surface area (Å²) < 4.78 is 1.09. The van der Waals surface area contributed by atoms with Crippen LogP contribution in [0.15, 0.2) is 46.9 Å². The quantitative estimate of drug-likeness (QED) is 0.664. The Bertz CT molecular complexity index is 566. The molecule has 0 aliphatic heterocycles. The first-order valence-electron chi connectivity index (χ1n) is 6.38. The van der Waals surface area contributed by atoms with Crippen molar-refractivity contribution in [2.45, 2.75) is 26.3 Å². The molecule has 0 aliphatic rings. The van der Waals surface area contributed by atoms with Gasteiger partial charge in [-0.15, -0.1) is 0 Å².